The van der Waals surface area contributed by atoms with Crippen LogP contribution in [0.15, 0.2) is 18.2 Å². The van der Waals surface area contributed by atoms with Gasteiger partial charge in [0.1, 0.15) is 5.75 Å². The molecule has 5 N–H and O–H groups in total. The minimum absolute atomic E-state index is 0.00752. The molecule has 0 aliphatic carbocycles. The topological polar surface area (TPSA) is 156 Å². The quantitative estimate of drug-likeness (QED) is 0.309. The van der Waals surface area contributed by atoms with Gasteiger partial charge in [0.05, 0.1) is 24.4 Å². The van der Waals surface area contributed by atoms with Crippen LogP contribution in [0.1, 0.15) is 62.9 Å². The summed E-state index contributed by atoms with van der Waals surface area (Å²) in [7, 11) is -3.67. The van der Waals surface area contributed by atoms with E-state index in [9.17, 15) is 28.2 Å². The van der Waals surface area contributed by atoms with Gasteiger partial charge in [-0.25, -0.2) is 0 Å². The van der Waals surface area contributed by atoms with Gasteiger partial charge < -0.3 is 20.8 Å². The summed E-state index contributed by atoms with van der Waals surface area (Å²) >= 11 is 1.96. The minimum atomic E-state index is -3.67. The van der Waals surface area contributed by atoms with Gasteiger partial charge in [-0.3, -0.25) is 19.0 Å². The molecule has 1 aromatic carbocycles. The SMILES string of the molecule is CCC(NC(=O)c1cccc(O)c1C)C(O)CN1CC2CCSC2CC1C(=O)NC(C)(C)C.CS(=O)(=O)O. The maximum absolute atomic E-state index is 13.1. The number of benzene rings is 1. The number of piperidine rings is 1. The fourth-order valence-corrected chi connectivity index (χ4v) is 6.39. The highest BCUT2D eigenvalue weighted by Crippen LogP contribution is 2.40. The molecule has 2 amide bonds. The lowest BCUT2D eigenvalue weighted by Crippen LogP contribution is -2.60. The Morgan fingerprint density at radius 2 is 1.89 bits per heavy atom. The van der Waals surface area contributed by atoms with E-state index in [0.717, 1.165) is 25.1 Å². The van der Waals surface area contributed by atoms with Gasteiger partial charge >= 0.3 is 0 Å². The molecule has 2 saturated heterocycles. The molecule has 216 valence electrons. The van der Waals surface area contributed by atoms with Crippen LogP contribution >= 0.6 is 11.8 Å². The van der Waals surface area contributed by atoms with Crippen LogP contribution in [0, 0.1) is 12.8 Å². The van der Waals surface area contributed by atoms with Gasteiger partial charge in [0.2, 0.25) is 5.91 Å². The van der Waals surface area contributed by atoms with Crippen LogP contribution in [0.25, 0.3) is 0 Å². The number of hydrogen-bond acceptors (Lipinski definition) is 8. The number of thioether (sulfide) groups is 1. The van der Waals surface area contributed by atoms with Gasteiger partial charge in [0, 0.05) is 35.0 Å². The maximum atomic E-state index is 13.1. The van der Waals surface area contributed by atoms with E-state index >= 15 is 0 Å². The summed E-state index contributed by atoms with van der Waals surface area (Å²) in [4.78, 5) is 28.1. The predicted molar refractivity (Wildman–Crippen MR) is 150 cm³/mol. The third kappa shape index (κ3) is 10.0. The predicted octanol–water partition coefficient (Wildman–Crippen LogP) is 2.18. The molecule has 0 saturated carbocycles. The molecule has 0 bridgehead atoms. The number of phenolic OH excluding ortho intramolecular Hbond substituents is 1. The Labute approximate surface area is 230 Å². The first-order chi connectivity index (χ1) is 17.5. The highest BCUT2D eigenvalue weighted by Gasteiger charge is 2.43. The zero-order valence-corrected chi connectivity index (χ0v) is 24.7. The van der Waals surface area contributed by atoms with E-state index in [1.807, 2.05) is 39.5 Å². The zero-order valence-electron chi connectivity index (χ0n) is 23.1. The molecule has 12 heteroatoms. The molecule has 10 nitrogen and oxygen atoms in total. The standard InChI is InChI=1S/C25H39N3O4S.CH4O3S/c1-6-18(26-23(31)17-8-7-9-20(29)15(17)2)21(30)14-28-13-16-10-11-33-22(16)12-19(28)24(32)27-25(3,4)5;1-5(2,3)4/h7-9,16,18-19,21-22,29-30H,6,10-14H2,1-5H3,(H,26,31)(H,27,32);1H3,(H,2,3,4). The van der Waals surface area contributed by atoms with Crippen LogP contribution in [0.4, 0.5) is 0 Å². The zero-order chi connectivity index (χ0) is 28.8. The van der Waals surface area contributed by atoms with Crippen LogP contribution < -0.4 is 10.6 Å². The number of carbonyl (C=O) groups is 2. The van der Waals surface area contributed by atoms with Crippen LogP contribution in [-0.4, -0.2) is 94.0 Å². The molecule has 5 unspecified atom stereocenters. The summed E-state index contributed by atoms with van der Waals surface area (Å²) in [6.45, 7) is 10.7. The average molecular weight is 574 g/mol. The van der Waals surface area contributed by atoms with Crippen molar-refractivity contribution in [1.29, 1.82) is 0 Å². The van der Waals surface area contributed by atoms with Gasteiger partial charge in [0.25, 0.3) is 16.0 Å². The lowest BCUT2D eigenvalue weighted by molar-refractivity contribution is -0.130. The first kappa shape index (κ1) is 32.4. The normalized spacial score (nSPS) is 23.4. The second-order valence-electron chi connectivity index (χ2n) is 11.1. The van der Waals surface area contributed by atoms with Crippen LogP contribution in [0.3, 0.4) is 0 Å². The van der Waals surface area contributed by atoms with E-state index in [4.69, 9.17) is 4.55 Å². The molecular formula is C26H43N3O7S2. The summed E-state index contributed by atoms with van der Waals surface area (Å²) in [5.74, 6) is 1.41. The molecule has 38 heavy (non-hydrogen) atoms. The Bertz CT molecular complexity index is 1070. The summed E-state index contributed by atoms with van der Waals surface area (Å²) in [5, 5.41) is 27.6. The van der Waals surface area contributed by atoms with Crippen molar-refractivity contribution in [2.24, 2.45) is 5.92 Å². The summed E-state index contributed by atoms with van der Waals surface area (Å²) < 4.78 is 25.9. The van der Waals surface area contributed by atoms with Gasteiger partial charge in [-0.1, -0.05) is 13.0 Å². The Morgan fingerprint density at radius 1 is 1.26 bits per heavy atom. The Hall–Kier alpha value is -1.86. The Kier molecular flexibility index (Phi) is 11.5. The van der Waals surface area contributed by atoms with Crippen molar-refractivity contribution >= 4 is 33.7 Å². The van der Waals surface area contributed by atoms with Crippen molar-refractivity contribution in [3.63, 3.8) is 0 Å². The number of carbonyl (C=O) groups excluding carboxylic acids is 2. The molecule has 2 aliphatic heterocycles. The highest BCUT2D eigenvalue weighted by atomic mass is 32.2. The average Bonchev–Trinajstić information content (AvgIpc) is 3.23. The lowest BCUT2D eigenvalue weighted by Gasteiger charge is -2.43. The number of fused-ring (bicyclic) bond motifs is 1. The third-order valence-corrected chi connectivity index (χ3v) is 8.18. The van der Waals surface area contributed by atoms with Crippen LogP contribution in [0.5, 0.6) is 5.75 Å². The van der Waals surface area contributed by atoms with Gasteiger partial charge in [-0.2, -0.15) is 20.2 Å². The monoisotopic (exact) mass is 573 g/mol. The lowest BCUT2D eigenvalue weighted by atomic mass is 9.89. The smallest absolute Gasteiger partial charge is 0.261 e. The Morgan fingerprint density at radius 3 is 2.47 bits per heavy atom. The fraction of sp³-hybridized carbons (Fsp3) is 0.692. The highest BCUT2D eigenvalue weighted by molar-refractivity contribution is 8.00. The van der Waals surface area contributed by atoms with Crippen molar-refractivity contribution in [2.45, 2.75) is 82.9 Å². The van der Waals surface area contributed by atoms with E-state index in [1.54, 1.807) is 25.1 Å². The first-order valence-corrected chi connectivity index (χ1v) is 15.8. The summed E-state index contributed by atoms with van der Waals surface area (Å²) in [6, 6.07) is 4.11. The molecule has 2 heterocycles. The molecule has 5 atom stereocenters. The fourth-order valence-electron chi connectivity index (χ4n) is 4.84. The van der Waals surface area contributed by atoms with E-state index in [1.165, 1.54) is 0 Å². The number of nitrogens with one attached hydrogen (secondary N) is 2. The number of β-amino-alcohol motifs (C(OH)–C–C–N with tert-alkyl or cyclic N) is 1. The molecule has 1 aromatic rings. The largest absolute Gasteiger partial charge is 0.508 e. The van der Waals surface area contributed by atoms with Crippen molar-refractivity contribution in [3.8, 4) is 5.75 Å². The molecule has 2 aliphatic rings. The number of aromatic hydroxyl groups is 1. The number of phenols is 1. The molecular weight excluding hydrogens is 530 g/mol. The number of nitrogens with zero attached hydrogens (tertiary/aromatic N) is 1. The molecule has 3 rings (SSSR count). The molecule has 0 spiro atoms. The molecule has 0 aromatic heterocycles. The van der Waals surface area contributed by atoms with E-state index in [0.29, 0.717) is 41.5 Å². The summed E-state index contributed by atoms with van der Waals surface area (Å²) in [6.07, 6.45) is 2.38. The van der Waals surface area contributed by atoms with Crippen LogP contribution in [0.2, 0.25) is 0 Å². The number of aliphatic hydroxyl groups excluding tert-OH is 1. The second-order valence-corrected chi connectivity index (χ2v) is 14.0. The number of rotatable bonds is 7. The summed E-state index contributed by atoms with van der Waals surface area (Å²) in [5.41, 5.74) is 0.589. The van der Waals surface area contributed by atoms with Crippen molar-refractivity contribution < 1.29 is 32.8 Å². The van der Waals surface area contributed by atoms with Crippen molar-refractivity contribution in [1.82, 2.24) is 15.5 Å². The molecule has 0 radical (unpaired) electrons. The maximum Gasteiger partial charge on any atom is 0.261 e. The number of amides is 2. The van der Waals surface area contributed by atoms with Gasteiger partial charge in [0.15, 0.2) is 0 Å². The van der Waals surface area contributed by atoms with E-state index in [2.05, 4.69) is 15.5 Å². The van der Waals surface area contributed by atoms with Gasteiger partial charge in [-0.05, 0) is 70.8 Å². The number of likely N-dealkylation sites (tertiary alicyclic amines) is 1. The number of aliphatic hydroxyl groups is 1. The third-order valence-electron chi connectivity index (χ3n) is 6.70. The Balaban J connectivity index is 0.000000926. The van der Waals surface area contributed by atoms with Crippen LogP contribution in [-0.2, 0) is 14.9 Å². The van der Waals surface area contributed by atoms with Gasteiger partial charge in [-0.15, -0.1) is 0 Å². The van der Waals surface area contributed by atoms with E-state index < -0.39 is 22.3 Å². The second kappa shape index (κ2) is 13.5. The van der Waals surface area contributed by atoms with E-state index in [-0.39, 0.29) is 29.1 Å². The number of hydrogen-bond donors (Lipinski definition) is 5. The minimum Gasteiger partial charge on any atom is -0.508 e. The molecule has 2 fully saturated rings. The first-order valence-electron chi connectivity index (χ1n) is 12.9. The van der Waals surface area contributed by atoms with Crippen molar-refractivity contribution in [3.05, 3.63) is 29.3 Å². The van der Waals surface area contributed by atoms with Crippen molar-refractivity contribution in [2.75, 3.05) is 25.1 Å².